The van der Waals surface area contributed by atoms with Crippen LogP contribution in [0.5, 0.6) is 0 Å². The van der Waals surface area contributed by atoms with Crippen molar-refractivity contribution in [1.82, 2.24) is 5.32 Å². The summed E-state index contributed by atoms with van der Waals surface area (Å²) in [5.74, 6) is 0.507. The number of hydrogen-bond donors (Lipinski definition) is 2. The normalized spacial score (nSPS) is 21.8. The van der Waals surface area contributed by atoms with Crippen LogP contribution in [0.3, 0.4) is 0 Å². The fourth-order valence-corrected chi connectivity index (χ4v) is 3.24. The minimum atomic E-state index is -0.0558. The Morgan fingerprint density at radius 1 is 1.27 bits per heavy atom. The smallest absolute Gasteiger partial charge is 0.220 e. The fourth-order valence-electron chi connectivity index (χ4n) is 3.24. The first-order valence-corrected chi connectivity index (χ1v) is 8.54. The SMILES string of the molecule is CCc1ccc(C(C)(C)CNC(=O)C[C@@H]2CCC[C@H]2N)cc1. The van der Waals surface area contributed by atoms with Gasteiger partial charge in [0, 0.05) is 24.4 Å². The monoisotopic (exact) mass is 302 g/mol. The van der Waals surface area contributed by atoms with Crippen LogP contribution in [-0.4, -0.2) is 18.5 Å². The van der Waals surface area contributed by atoms with E-state index in [9.17, 15) is 4.79 Å². The Labute approximate surface area is 134 Å². The van der Waals surface area contributed by atoms with Gasteiger partial charge < -0.3 is 11.1 Å². The average molecular weight is 302 g/mol. The molecule has 22 heavy (non-hydrogen) atoms. The molecule has 3 N–H and O–H groups in total. The third-order valence-corrected chi connectivity index (χ3v) is 5.04. The van der Waals surface area contributed by atoms with E-state index in [1.807, 2.05) is 0 Å². The van der Waals surface area contributed by atoms with E-state index in [0.29, 0.717) is 18.9 Å². The number of nitrogens with one attached hydrogen (secondary N) is 1. The van der Waals surface area contributed by atoms with E-state index in [-0.39, 0.29) is 17.4 Å². The maximum absolute atomic E-state index is 12.2. The summed E-state index contributed by atoms with van der Waals surface area (Å²) < 4.78 is 0. The van der Waals surface area contributed by atoms with Crippen LogP contribution in [-0.2, 0) is 16.6 Å². The second kappa shape index (κ2) is 7.28. The first kappa shape index (κ1) is 17.0. The third kappa shape index (κ3) is 4.33. The highest BCUT2D eigenvalue weighted by atomic mass is 16.1. The van der Waals surface area contributed by atoms with Crippen molar-refractivity contribution in [3.8, 4) is 0 Å². The second-order valence-electron chi connectivity index (χ2n) is 7.27. The Kier molecular flexibility index (Phi) is 5.63. The minimum Gasteiger partial charge on any atom is -0.355 e. The zero-order valence-corrected chi connectivity index (χ0v) is 14.2. The molecule has 2 atom stereocenters. The van der Waals surface area contributed by atoms with Crippen molar-refractivity contribution >= 4 is 5.91 Å². The topological polar surface area (TPSA) is 55.1 Å². The summed E-state index contributed by atoms with van der Waals surface area (Å²) in [5.41, 5.74) is 8.60. The zero-order valence-electron chi connectivity index (χ0n) is 14.2. The standard InChI is InChI=1S/C19H30N2O/c1-4-14-8-10-16(11-9-14)19(2,3)13-21-18(22)12-15-6-5-7-17(15)20/h8-11,15,17H,4-7,12-13,20H2,1-3H3,(H,21,22)/t15-,17+/m0/s1. The Morgan fingerprint density at radius 2 is 1.95 bits per heavy atom. The van der Waals surface area contributed by atoms with E-state index in [0.717, 1.165) is 25.7 Å². The number of hydrogen-bond acceptors (Lipinski definition) is 2. The summed E-state index contributed by atoms with van der Waals surface area (Å²) in [5, 5.41) is 3.10. The van der Waals surface area contributed by atoms with Crippen LogP contribution in [0.25, 0.3) is 0 Å². The van der Waals surface area contributed by atoms with E-state index >= 15 is 0 Å². The van der Waals surface area contributed by atoms with Gasteiger partial charge in [-0.2, -0.15) is 0 Å². The molecule has 122 valence electrons. The molecule has 3 nitrogen and oxygen atoms in total. The van der Waals surface area contributed by atoms with Gasteiger partial charge in [-0.25, -0.2) is 0 Å². The molecule has 1 aromatic rings. The van der Waals surface area contributed by atoms with E-state index in [4.69, 9.17) is 5.73 Å². The molecule has 1 fully saturated rings. The highest BCUT2D eigenvalue weighted by Crippen LogP contribution is 2.27. The highest BCUT2D eigenvalue weighted by Gasteiger charge is 2.27. The number of carbonyl (C=O) groups is 1. The molecular weight excluding hydrogens is 272 g/mol. The summed E-state index contributed by atoms with van der Waals surface area (Å²) >= 11 is 0. The van der Waals surface area contributed by atoms with Crippen molar-refractivity contribution in [1.29, 1.82) is 0 Å². The first-order chi connectivity index (χ1) is 10.4. The molecule has 1 aliphatic carbocycles. The van der Waals surface area contributed by atoms with Crippen LogP contribution in [0.1, 0.15) is 57.6 Å². The van der Waals surface area contributed by atoms with Gasteiger partial charge >= 0.3 is 0 Å². The molecule has 0 spiro atoms. The molecule has 1 amide bonds. The van der Waals surface area contributed by atoms with Gasteiger partial charge in [0.15, 0.2) is 0 Å². The number of benzene rings is 1. The van der Waals surface area contributed by atoms with Crippen LogP contribution < -0.4 is 11.1 Å². The molecule has 0 saturated heterocycles. The van der Waals surface area contributed by atoms with E-state index in [1.165, 1.54) is 11.1 Å². The van der Waals surface area contributed by atoms with Crippen molar-refractivity contribution in [3.05, 3.63) is 35.4 Å². The van der Waals surface area contributed by atoms with Gasteiger partial charge in [-0.3, -0.25) is 4.79 Å². The lowest BCUT2D eigenvalue weighted by molar-refractivity contribution is -0.122. The Bertz CT molecular complexity index is 493. The maximum atomic E-state index is 12.2. The molecule has 0 heterocycles. The minimum absolute atomic E-state index is 0.0558. The number of rotatable bonds is 6. The lowest BCUT2D eigenvalue weighted by atomic mass is 9.84. The molecule has 1 aliphatic rings. The van der Waals surface area contributed by atoms with Crippen LogP contribution in [0.2, 0.25) is 0 Å². The largest absolute Gasteiger partial charge is 0.355 e. The van der Waals surface area contributed by atoms with Gasteiger partial charge in [0.2, 0.25) is 5.91 Å². The molecule has 0 bridgehead atoms. The van der Waals surface area contributed by atoms with Crippen molar-refractivity contribution in [2.75, 3.05) is 6.54 Å². The summed E-state index contributed by atoms with van der Waals surface area (Å²) in [6, 6.07) is 8.92. The first-order valence-electron chi connectivity index (χ1n) is 8.54. The van der Waals surface area contributed by atoms with Crippen molar-refractivity contribution in [2.45, 2.75) is 64.3 Å². The Morgan fingerprint density at radius 3 is 2.50 bits per heavy atom. The predicted molar refractivity (Wildman–Crippen MR) is 91.8 cm³/mol. The van der Waals surface area contributed by atoms with Gasteiger partial charge in [-0.05, 0) is 36.3 Å². The van der Waals surface area contributed by atoms with Gasteiger partial charge in [0.05, 0.1) is 0 Å². The summed E-state index contributed by atoms with van der Waals surface area (Å²) in [6.07, 6.45) is 4.95. The zero-order chi connectivity index (χ0) is 16.2. The number of carbonyl (C=O) groups excluding carboxylic acids is 1. The molecule has 3 heteroatoms. The molecule has 0 aliphatic heterocycles. The lowest BCUT2D eigenvalue weighted by Crippen LogP contribution is -2.38. The Hall–Kier alpha value is -1.35. The van der Waals surface area contributed by atoms with Gasteiger partial charge in [-0.1, -0.05) is 51.5 Å². The van der Waals surface area contributed by atoms with Crippen LogP contribution >= 0.6 is 0 Å². The van der Waals surface area contributed by atoms with Crippen molar-refractivity contribution in [2.24, 2.45) is 11.7 Å². The fraction of sp³-hybridized carbons (Fsp3) is 0.632. The molecule has 0 radical (unpaired) electrons. The number of aryl methyl sites for hydroxylation is 1. The van der Waals surface area contributed by atoms with Crippen molar-refractivity contribution in [3.63, 3.8) is 0 Å². The molecule has 2 rings (SSSR count). The van der Waals surface area contributed by atoms with E-state index < -0.39 is 0 Å². The summed E-state index contributed by atoms with van der Waals surface area (Å²) in [6.45, 7) is 7.18. The predicted octanol–water partition coefficient (Wildman–Crippen LogP) is 3.16. The van der Waals surface area contributed by atoms with E-state index in [1.54, 1.807) is 0 Å². The van der Waals surface area contributed by atoms with Crippen molar-refractivity contribution < 1.29 is 4.79 Å². The summed E-state index contributed by atoms with van der Waals surface area (Å²) in [7, 11) is 0. The quantitative estimate of drug-likeness (QED) is 0.848. The number of amides is 1. The molecule has 1 aromatic carbocycles. The molecule has 0 unspecified atom stereocenters. The number of nitrogens with two attached hydrogens (primary N) is 1. The van der Waals surface area contributed by atoms with Crippen LogP contribution in [0.4, 0.5) is 0 Å². The average Bonchev–Trinajstić information content (AvgIpc) is 2.90. The molecular formula is C19H30N2O. The van der Waals surface area contributed by atoms with Gasteiger partial charge in [0.25, 0.3) is 0 Å². The van der Waals surface area contributed by atoms with Crippen LogP contribution in [0, 0.1) is 5.92 Å². The third-order valence-electron chi connectivity index (χ3n) is 5.04. The van der Waals surface area contributed by atoms with Crippen LogP contribution in [0.15, 0.2) is 24.3 Å². The van der Waals surface area contributed by atoms with Gasteiger partial charge in [0.1, 0.15) is 0 Å². The Balaban J connectivity index is 1.86. The molecule has 1 saturated carbocycles. The molecule has 0 aromatic heterocycles. The lowest BCUT2D eigenvalue weighted by Gasteiger charge is -2.26. The maximum Gasteiger partial charge on any atom is 0.220 e. The second-order valence-corrected chi connectivity index (χ2v) is 7.27. The van der Waals surface area contributed by atoms with Gasteiger partial charge in [-0.15, -0.1) is 0 Å². The highest BCUT2D eigenvalue weighted by molar-refractivity contribution is 5.76. The van der Waals surface area contributed by atoms with E-state index in [2.05, 4.69) is 50.4 Å². The summed E-state index contributed by atoms with van der Waals surface area (Å²) in [4.78, 5) is 12.2.